The molecule has 1 N–H and O–H groups in total. The van der Waals surface area contributed by atoms with E-state index in [9.17, 15) is 13.0 Å². The molecule has 0 saturated carbocycles. The van der Waals surface area contributed by atoms with Crippen LogP contribution in [0.25, 0.3) is 0 Å². The van der Waals surface area contributed by atoms with Crippen LogP contribution in [0.1, 0.15) is 0 Å². The first kappa shape index (κ1) is 10.1. The normalized spacial score (nSPS) is 12.6. The van der Waals surface area contributed by atoms with Gasteiger partial charge < -0.3 is 9.29 Å². The van der Waals surface area contributed by atoms with Gasteiger partial charge in [0.2, 0.25) is 0 Å². The molecule has 3 nitrogen and oxygen atoms in total. The molecule has 0 bridgehead atoms. The van der Waals surface area contributed by atoms with E-state index in [-0.39, 0.29) is 4.90 Å². The maximum absolute atomic E-state index is 12.9. The minimum atomic E-state index is -2.40. The molecule has 0 aliphatic heterocycles. The fourth-order valence-corrected chi connectivity index (χ4v) is 1.24. The first-order valence-electron chi connectivity index (χ1n) is 3.20. The van der Waals surface area contributed by atoms with Gasteiger partial charge in [-0.15, -0.1) is 0 Å². The molecule has 1 rings (SSSR count). The summed E-state index contributed by atoms with van der Waals surface area (Å²) in [4.78, 5) is -0.337. The summed E-state index contributed by atoms with van der Waals surface area (Å²) in [5, 5.41) is 0. The van der Waals surface area contributed by atoms with Crippen molar-refractivity contribution in [2.45, 2.75) is 4.90 Å². The minimum Gasteiger partial charge on any atom is -0.491 e. The number of ether oxygens (including phenoxy) is 1. The summed E-state index contributed by atoms with van der Waals surface area (Å²) in [5.41, 5.74) is 0. The molecule has 6 heteroatoms. The van der Waals surface area contributed by atoms with Crippen molar-refractivity contribution in [3.63, 3.8) is 0 Å². The third-order valence-electron chi connectivity index (χ3n) is 1.38. The Kier molecular flexibility index (Phi) is 2.94. The van der Waals surface area contributed by atoms with Crippen molar-refractivity contribution in [3.05, 3.63) is 23.8 Å². The first-order chi connectivity index (χ1) is 6.06. The predicted molar refractivity (Wildman–Crippen MR) is 41.9 cm³/mol. The van der Waals surface area contributed by atoms with E-state index in [4.69, 9.17) is 4.55 Å². The van der Waals surface area contributed by atoms with Gasteiger partial charge in [-0.05, 0) is 12.1 Å². The summed E-state index contributed by atoms with van der Waals surface area (Å²) >= 11 is -2.40. The highest BCUT2D eigenvalue weighted by molar-refractivity contribution is 7.79. The van der Waals surface area contributed by atoms with Gasteiger partial charge in [0.15, 0.2) is 28.5 Å². The van der Waals surface area contributed by atoms with Crippen LogP contribution >= 0.6 is 0 Å². The molecule has 0 amide bonds. The predicted octanol–water partition coefficient (Wildman–Crippen LogP) is 1.55. The van der Waals surface area contributed by atoms with Gasteiger partial charge in [0, 0.05) is 0 Å². The van der Waals surface area contributed by atoms with Crippen molar-refractivity contribution in [3.8, 4) is 5.75 Å². The number of methoxy groups -OCH3 is 1. The number of rotatable bonds is 2. The molecule has 1 aromatic carbocycles. The van der Waals surface area contributed by atoms with Crippen molar-refractivity contribution in [2.75, 3.05) is 7.11 Å². The Balaban J connectivity index is 3.28. The first-order valence-corrected chi connectivity index (χ1v) is 4.31. The second-order valence-corrected chi connectivity index (χ2v) is 3.14. The van der Waals surface area contributed by atoms with Crippen LogP contribution in [-0.4, -0.2) is 15.9 Å². The van der Waals surface area contributed by atoms with E-state index in [2.05, 4.69) is 4.74 Å². The zero-order valence-corrected chi connectivity index (χ0v) is 7.40. The average Bonchev–Trinajstić information content (AvgIpc) is 2.03. The van der Waals surface area contributed by atoms with Crippen LogP contribution in [0.5, 0.6) is 5.75 Å². The third-order valence-corrected chi connectivity index (χ3v) is 2.02. The number of hydrogen-bond donors (Lipinski definition) is 1. The summed E-state index contributed by atoms with van der Waals surface area (Å²) in [6, 6.07) is 1.50. The summed E-state index contributed by atoms with van der Waals surface area (Å²) < 4.78 is 49.1. The van der Waals surface area contributed by atoms with Gasteiger partial charge in [-0.2, -0.15) is 0 Å². The van der Waals surface area contributed by atoms with E-state index in [0.717, 1.165) is 19.2 Å². The van der Waals surface area contributed by atoms with E-state index in [0.29, 0.717) is 0 Å². The molecule has 0 aliphatic carbocycles. The second-order valence-electron chi connectivity index (χ2n) is 2.17. The lowest BCUT2D eigenvalue weighted by Crippen LogP contribution is -1.96. The number of benzene rings is 1. The Morgan fingerprint density at radius 3 is 2.15 bits per heavy atom. The van der Waals surface area contributed by atoms with Crippen LogP contribution in [0.3, 0.4) is 0 Å². The van der Waals surface area contributed by atoms with Gasteiger partial charge in [-0.3, -0.25) is 0 Å². The van der Waals surface area contributed by atoms with E-state index in [1.54, 1.807) is 0 Å². The van der Waals surface area contributed by atoms with Crippen LogP contribution < -0.4 is 4.74 Å². The SMILES string of the molecule is COc1c(F)cc(S(=O)O)cc1F. The molecule has 0 aromatic heterocycles. The quantitative estimate of drug-likeness (QED) is 0.750. The largest absolute Gasteiger partial charge is 0.491 e. The Labute approximate surface area is 75.6 Å². The van der Waals surface area contributed by atoms with Crippen molar-refractivity contribution >= 4 is 11.1 Å². The standard InChI is InChI=1S/C7H6F2O3S/c1-12-7-5(8)2-4(13(10)11)3-6(7)9/h2-3H,1H3,(H,10,11). The van der Waals surface area contributed by atoms with Gasteiger partial charge in [0.25, 0.3) is 0 Å². The van der Waals surface area contributed by atoms with Crippen LogP contribution in [0, 0.1) is 11.6 Å². The molecular formula is C7H6F2O3S. The lowest BCUT2D eigenvalue weighted by molar-refractivity contribution is 0.358. The summed E-state index contributed by atoms with van der Waals surface area (Å²) in [6.45, 7) is 0. The van der Waals surface area contributed by atoms with E-state index >= 15 is 0 Å². The highest BCUT2D eigenvalue weighted by Crippen LogP contribution is 2.23. The van der Waals surface area contributed by atoms with Gasteiger partial charge in [-0.25, -0.2) is 13.0 Å². The van der Waals surface area contributed by atoms with Crippen LogP contribution in [0.4, 0.5) is 8.78 Å². The van der Waals surface area contributed by atoms with E-state index < -0.39 is 28.5 Å². The summed E-state index contributed by atoms with van der Waals surface area (Å²) in [5.74, 6) is -2.56. The molecule has 0 fully saturated rings. The fraction of sp³-hybridized carbons (Fsp3) is 0.143. The highest BCUT2D eigenvalue weighted by atomic mass is 32.2. The molecule has 13 heavy (non-hydrogen) atoms. The van der Waals surface area contributed by atoms with E-state index in [1.165, 1.54) is 0 Å². The van der Waals surface area contributed by atoms with E-state index in [1.807, 2.05) is 0 Å². The zero-order chi connectivity index (χ0) is 10.0. The zero-order valence-electron chi connectivity index (χ0n) is 6.58. The molecule has 0 spiro atoms. The second kappa shape index (κ2) is 3.80. The third kappa shape index (κ3) is 2.02. The van der Waals surface area contributed by atoms with Gasteiger partial charge >= 0.3 is 0 Å². The molecule has 72 valence electrons. The van der Waals surface area contributed by atoms with Crippen molar-refractivity contribution in [2.24, 2.45) is 0 Å². The summed E-state index contributed by atoms with van der Waals surface area (Å²) in [6.07, 6.45) is 0. The topological polar surface area (TPSA) is 46.5 Å². The van der Waals surface area contributed by atoms with Gasteiger partial charge in [0.05, 0.1) is 12.0 Å². The van der Waals surface area contributed by atoms with Crippen molar-refractivity contribution in [1.29, 1.82) is 0 Å². The number of hydrogen-bond acceptors (Lipinski definition) is 2. The monoisotopic (exact) mass is 208 g/mol. The number of halogens is 2. The molecular weight excluding hydrogens is 202 g/mol. The maximum Gasteiger partial charge on any atom is 0.190 e. The van der Waals surface area contributed by atoms with Crippen molar-refractivity contribution in [1.82, 2.24) is 0 Å². The van der Waals surface area contributed by atoms with Crippen LogP contribution in [0.15, 0.2) is 17.0 Å². The Bertz CT molecular complexity index is 331. The Hall–Kier alpha value is -1.01. The molecule has 0 saturated heterocycles. The molecule has 0 radical (unpaired) electrons. The smallest absolute Gasteiger partial charge is 0.190 e. The molecule has 1 aromatic rings. The minimum absolute atomic E-state index is 0.337. The Morgan fingerprint density at radius 2 is 1.85 bits per heavy atom. The van der Waals surface area contributed by atoms with Gasteiger partial charge in [-0.1, -0.05) is 0 Å². The van der Waals surface area contributed by atoms with Crippen LogP contribution in [0.2, 0.25) is 0 Å². The summed E-state index contributed by atoms with van der Waals surface area (Å²) in [7, 11) is 1.11. The highest BCUT2D eigenvalue weighted by Gasteiger charge is 2.13. The Morgan fingerprint density at radius 1 is 1.38 bits per heavy atom. The van der Waals surface area contributed by atoms with Crippen LogP contribution in [-0.2, 0) is 11.1 Å². The maximum atomic E-state index is 12.9. The average molecular weight is 208 g/mol. The lowest BCUT2D eigenvalue weighted by Gasteiger charge is -2.03. The van der Waals surface area contributed by atoms with Crippen molar-refractivity contribution < 1.29 is 22.3 Å². The lowest BCUT2D eigenvalue weighted by atomic mass is 10.3. The van der Waals surface area contributed by atoms with Gasteiger partial charge in [0.1, 0.15) is 0 Å². The molecule has 0 heterocycles. The fourth-order valence-electron chi connectivity index (χ4n) is 0.832. The molecule has 1 atom stereocenters. The molecule has 0 aliphatic rings. The molecule has 1 unspecified atom stereocenters.